The molecule has 0 fully saturated rings. The van der Waals surface area contributed by atoms with Crippen molar-refractivity contribution in [1.29, 1.82) is 0 Å². The standard InChI is InChI=1S/C42H66N4O6/c1-4-7-10-13-16-18-21-32-24-27-35(37(47)30-32)41(51)45-43-39(49)29-26-34(23-20-15-12-9-6-3)40(50)44-46-42(52)36-28-25-33(31-38(36)48)22-19-17-14-11-8-5-2/h24-25,27-28,30-31,34,47-48H,4-23,26,29H2,1-3H3,(H,43,49)(H,44,50)(H,45,51)(H,46,52). The van der Waals surface area contributed by atoms with Crippen LogP contribution in [-0.2, 0) is 22.4 Å². The summed E-state index contributed by atoms with van der Waals surface area (Å²) < 4.78 is 0. The zero-order valence-corrected chi connectivity index (χ0v) is 32.1. The maximum Gasteiger partial charge on any atom is 0.273 e. The Balaban J connectivity index is 1.86. The van der Waals surface area contributed by atoms with Crippen molar-refractivity contribution in [1.82, 2.24) is 21.7 Å². The molecule has 0 radical (unpaired) electrons. The molecule has 0 heterocycles. The maximum atomic E-state index is 13.2. The van der Waals surface area contributed by atoms with E-state index in [4.69, 9.17) is 0 Å². The number of amides is 4. The largest absolute Gasteiger partial charge is 0.507 e. The highest BCUT2D eigenvalue weighted by atomic mass is 16.3. The molecule has 10 heteroatoms. The van der Waals surface area contributed by atoms with Gasteiger partial charge in [0.25, 0.3) is 11.8 Å². The molecule has 0 aliphatic rings. The van der Waals surface area contributed by atoms with Gasteiger partial charge in [-0.15, -0.1) is 0 Å². The molecule has 0 bridgehead atoms. The lowest BCUT2D eigenvalue weighted by molar-refractivity contribution is -0.127. The van der Waals surface area contributed by atoms with Crippen LogP contribution >= 0.6 is 0 Å². The second kappa shape index (κ2) is 26.7. The van der Waals surface area contributed by atoms with E-state index in [2.05, 4.69) is 42.5 Å². The Bertz CT molecular complexity index is 1360. The molecule has 2 rings (SSSR count). The van der Waals surface area contributed by atoms with Gasteiger partial charge in [0.2, 0.25) is 11.8 Å². The molecule has 1 unspecified atom stereocenters. The van der Waals surface area contributed by atoms with Crippen molar-refractivity contribution < 1.29 is 29.4 Å². The first-order chi connectivity index (χ1) is 25.2. The molecule has 290 valence electrons. The second-order valence-electron chi connectivity index (χ2n) is 14.1. The summed E-state index contributed by atoms with van der Waals surface area (Å²) in [7, 11) is 0. The fourth-order valence-corrected chi connectivity index (χ4v) is 6.32. The van der Waals surface area contributed by atoms with Crippen LogP contribution in [0.4, 0.5) is 0 Å². The van der Waals surface area contributed by atoms with E-state index in [9.17, 15) is 29.4 Å². The van der Waals surface area contributed by atoms with Crippen LogP contribution in [0.5, 0.6) is 11.5 Å². The summed E-state index contributed by atoms with van der Waals surface area (Å²) in [5.74, 6) is -3.01. The van der Waals surface area contributed by atoms with Crippen molar-refractivity contribution in [3.05, 3.63) is 58.7 Å². The highest BCUT2D eigenvalue weighted by Gasteiger charge is 2.22. The Labute approximate surface area is 312 Å². The van der Waals surface area contributed by atoms with E-state index in [-0.39, 0.29) is 35.5 Å². The average molecular weight is 723 g/mol. The third-order valence-corrected chi connectivity index (χ3v) is 9.61. The quantitative estimate of drug-likeness (QED) is 0.0421. The van der Waals surface area contributed by atoms with Crippen LogP contribution < -0.4 is 21.7 Å². The summed E-state index contributed by atoms with van der Waals surface area (Å²) in [5.41, 5.74) is 11.7. The van der Waals surface area contributed by atoms with E-state index in [1.807, 2.05) is 12.1 Å². The van der Waals surface area contributed by atoms with Gasteiger partial charge in [0.15, 0.2) is 0 Å². The SMILES string of the molecule is CCCCCCCCc1ccc(C(=O)NNC(=O)CCC(CCCCCCC)C(=O)NNC(=O)c2ccc(CCCCCCCC)cc2O)c(O)c1. The fourth-order valence-electron chi connectivity index (χ4n) is 6.32. The first kappa shape index (κ1) is 44.1. The van der Waals surface area contributed by atoms with Crippen LogP contribution in [0.1, 0.15) is 181 Å². The van der Waals surface area contributed by atoms with E-state index in [1.165, 1.54) is 51.4 Å². The normalized spacial score (nSPS) is 11.5. The third-order valence-electron chi connectivity index (χ3n) is 9.61. The van der Waals surface area contributed by atoms with Gasteiger partial charge in [0, 0.05) is 12.3 Å². The monoisotopic (exact) mass is 722 g/mol. The lowest BCUT2D eigenvalue weighted by Crippen LogP contribution is -2.45. The molecule has 10 nitrogen and oxygen atoms in total. The van der Waals surface area contributed by atoms with Crippen molar-refractivity contribution in [2.75, 3.05) is 0 Å². The average Bonchev–Trinajstić information content (AvgIpc) is 3.13. The Hall–Kier alpha value is -4.08. The number of benzene rings is 2. The molecule has 2 aromatic carbocycles. The molecule has 0 spiro atoms. The zero-order chi connectivity index (χ0) is 38.0. The Kier molecular flexibility index (Phi) is 22.6. The minimum Gasteiger partial charge on any atom is -0.507 e. The predicted molar refractivity (Wildman–Crippen MR) is 208 cm³/mol. The number of rotatable bonds is 26. The second-order valence-corrected chi connectivity index (χ2v) is 14.1. The molecule has 0 saturated carbocycles. The van der Waals surface area contributed by atoms with Crippen LogP contribution in [0.25, 0.3) is 0 Å². The number of aromatic hydroxyl groups is 2. The van der Waals surface area contributed by atoms with Gasteiger partial charge in [-0.2, -0.15) is 0 Å². The molecular formula is C42H66N4O6. The predicted octanol–water partition coefficient (Wildman–Crippen LogP) is 8.88. The van der Waals surface area contributed by atoms with E-state index in [0.717, 1.165) is 81.8 Å². The van der Waals surface area contributed by atoms with Crippen molar-refractivity contribution in [2.45, 2.75) is 162 Å². The van der Waals surface area contributed by atoms with Crippen LogP contribution in [0.15, 0.2) is 36.4 Å². The van der Waals surface area contributed by atoms with Crippen molar-refractivity contribution in [2.24, 2.45) is 5.92 Å². The summed E-state index contributed by atoms with van der Waals surface area (Å²) >= 11 is 0. The van der Waals surface area contributed by atoms with Crippen LogP contribution in [0.2, 0.25) is 0 Å². The van der Waals surface area contributed by atoms with Crippen LogP contribution in [0, 0.1) is 5.92 Å². The number of carbonyl (C=O) groups excluding carboxylic acids is 4. The van der Waals surface area contributed by atoms with E-state index >= 15 is 0 Å². The summed E-state index contributed by atoms with van der Waals surface area (Å²) in [6.07, 6.45) is 21.4. The third kappa shape index (κ3) is 17.9. The number of hydrogen-bond donors (Lipinski definition) is 6. The fraction of sp³-hybridized carbons (Fsp3) is 0.619. The van der Waals surface area contributed by atoms with Gasteiger partial charge in [-0.25, -0.2) is 0 Å². The summed E-state index contributed by atoms with van der Waals surface area (Å²) in [4.78, 5) is 51.4. The molecule has 1 atom stereocenters. The van der Waals surface area contributed by atoms with Gasteiger partial charge in [-0.1, -0.05) is 129 Å². The maximum absolute atomic E-state index is 13.2. The molecule has 52 heavy (non-hydrogen) atoms. The molecular weight excluding hydrogens is 656 g/mol. The topological polar surface area (TPSA) is 157 Å². The molecule has 0 aliphatic heterocycles. The van der Waals surface area contributed by atoms with E-state index in [1.54, 1.807) is 24.3 Å². The van der Waals surface area contributed by atoms with Crippen molar-refractivity contribution in [3.8, 4) is 11.5 Å². The minimum atomic E-state index is -0.636. The van der Waals surface area contributed by atoms with E-state index < -0.39 is 29.5 Å². The number of aryl methyl sites for hydroxylation is 2. The van der Waals surface area contributed by atoms with Gasteiger partial charge >= 0.3 is 0 Å². The van der Waals surface area contributed by atoms with Crippen LogP contribution in [-0.4, -0.2) is 33.8 Å². The molecule has 4 amide bonds. The zero-order valence-electron chi connectivity index (χ0n) is 32.1. The van der Waals surface area contributed by atoms with Crippen molar-refractivity contribution >= 4 is 23.6 Å². The van der Waals surface area contributed by atoms with Gasteiger partial charge in [-0.3, -0.25) is 40.9 Å². The lowest BCUT2D eigenvalue weighted by Gasteiger charge is -2.18. The number of unbranched alkanes of at least 4 members (excludes halogenated alkanes) is 14. The number of hydrogen-bond acceptors (Lipinski definition) is 6. The number of nitrogens with one attached hydrogen (secondary N) is 4. The van der Waals surface area contributed by atoms with Gasteiger partial charge in [0.1, 0.15) is 11.5 Å². The smallest absolute Gasteiger partial charge is 0.273 e. The lowest BCUT2D eigenvalue weighted by atomic mass is 9.95. The summed E-state index contributed by atoms with van der Waals surface area (Å²) in [5, 5.41) is 21.0. The molecule has 6 N–H and O–H groups in total. The molecule has 2 aromatic rings. The van der Waals surface area contributed by atoms with Crippen molar-refractivity contribution in [3.63, 3.8) is 0 Å². The summed E-state index contributed by atoms with van der Waals surface area (Å²) in [6, 6.07) is 9.97. The highest BCUT2D eigenvalue weighted by molar-refractivity contribution is 5.98. The van der Waals surface area contributed by atoms with Gasteiger partial charge in [-0.05, 0) is 73.9 Å². The van der Waals surface area contributed by atoms with Crippen LogP contribution in [0.3, 0.4) is 0 Å². The first-order valence-corrected chi connectivity index (χ1v) is 20.0. The van der Waals surface area contributed by atoms with E-state index in [0.29, 0.717) is 6.42 Å². The number of phenolic OH excluding ortho intramolecular Hbond substituents is 2. The first-order valence-electron chi connectivity index (χ1n) is 20.0. The minimum absolute atomic E-state index is 0.0364. The molecule has 0 saturated heterocycles. The number of carbonyl (C=O) groups is 4. The molecule has 0 aromatic heterocycles. The summed E-state index contributed by atoms with van der Waals surface area (Å²) in [6.45, 7) is 6.51. The number of hydrazine groups is 2. The highest BCUT2D eigenvalue weighted by Crippen LogP contribution is 2.22. The Morgan fingerprint density at radius 1 is 0.519 bits per heavy atom. The Morgan fingerprint density at radius 2 is 0.942 bits per heavy atom. The van der Waals surface area contributed by atoms with Gasteiger partial charge < -0.3 is 10.2 Å². The molecule has 0 aliphatic carbocycles. The number of phenols is 2. The Morgan fingerprint density at radius 3 is 1.40 bits per heavy atom. The van der Waals surface area contributed by atoms with Gasteiger partial charge in [0.05, 0.1) is 11.1 Å².